The van der Waals surface area contributed by atoms with Gasteiger partial charge < -0.3 is 10.1 Å². The Morgan fingerprint density at radius 1 is 1.06 bits per heavy atom. The van der Waals surface area contributed by atoms with Crippen molar-refractivity contribution in [2.24, 2.45) is 0 Å². The lowest BCUT2D eigenvalue weighted by atomic mass is 10.1. The van der Waals surface area contributed by atoms with Gasteiger partial charge in [-0.25, -0.2) is 9.78 Å². The molecule has 2 aromatic carbocycles. The first-order valence-electron chi connectivity index (χ1n) is 10.1. The average molecular weight is 449 g/mol. The lowest BCUT2D eigenvalue weighted by Crippen LogP contribution is -2.17. The molecule has 0 radical (unpaired) electrons. The van der Waals surface area contributed by atoms with E-state index in [0.717, 1.165) is 17.8 Å². The van der Waals surface area contributed by atoms with Gasteiger partial charge in [0.25, 0.3) is 11.5 Å². The van der Waals surface area contributed by atoms with E-state index in [-0.39, 0.29) is 23.6 Å². The Kier molecular flexibility index (Phi) is 6.37. The molecule has 1 amide bonds. The van der Waals surface area contributed by atoms with Crippen LogP contribution in [0, 0.1) is 0 Å². The van der Waals surface area contributed by atoms with Crippen molar-refractivity contribution in [1.29, 1.82) is 0 Å². The number of benzene rings is 2. The lowest BCUT2D eigenvalue weighted by Gasteiger charge is -2.08. The molecule has 4 aromatic rings. The number of aryl methyl sites for hydroxylation is 1. The molecule has 0 aliphatic rings. The maximum Gasteiger partial charge on any atom is 0.338 e. The molecule has 0 spiro atoms. The van der Waals surface area contributed by atoms with Crippen molar-refractivity contribution in [3.05, 3.63) is 92.8 Å². The average Bonchev–Trinajstić information content (AvgIpc) is 3.21. The number of fused-ring (bicyclic) bond motifs is 1. The summed E-state index contributed by atoms with van der Waals surface area (Å²) < 4.78 is 6.60. The van der Waals surface area contributed by atoms with E-state index in [2.05, 4.69) is 15.4 Å². The molecule has 9 heteroatoms. The number of hydrogen-bond donors (Lipinski definition) is 1. The normalized spacial score (nSPS) is 10.8. The molecule has 0 aliphatic heterocycles. The van der Waals surface area contributed by atoms with Crippen LogP contribution in [0.3, 0.4) is 0 Å². The molecular weight excluding hydrogens is 428 g/mol. The minimum absolute atomic E-state index is 0.147. The summed E-state index contributed by atoms with van der Waals surface area (Å²) in [6.45, 7) is 1.89. The van der Waals surface area contributed by atoms with E-state index in [1.807, 2.05) is 13.0 Å². The largest absolute Gasteiger partial charge is 0.456 e. The van der Waals surface area contributed by atoms with Crippen molar-refractivity contribution < 1.29 is 14.3 Å². The lowest BCUT2D eigenvalue weighted by molar-refractivity contribution is 0.0467. The van der Waals surface area contributed by atoms with E-state index >= 15 is 0 Å². The van der Waals surface area contributed by atoms with Crippen LogP contribution in [0.2, 0.25) is 0 Å². The number of nitrogens with one attached hydrogen (secondary N) is 1. The molecular formula is C23H20N4O4S. The van der Waals surface area contributed by atoms with Crippen molar-refractivity contribution in [3.63, 3.8) is 0 Å². The van der Waals surface area contributed by atoms with Gasteiger partial charge in [-0.05, 0) is 36.8 Å². The predicted octanol–water partition coefficient (Wildman–Crippen LogP) is 3.71. The van der Waals surface area contributed by atoms with Crippen molar-refractivity contribution in [2.45, 2.75) is 26.4 Å². The number of carbonyl (C=O) groups is 2. The molecule has 0 saturated carbocycles. The van der Waals surface area contributed by atoms with Crippen LogP contribution >= 0.6 is 11.3 Å². The van der Waals surface area contributed by atoms with Gasteiger partial charge in [0, 0.05) is 23.7 Å². The zero-order valence-electron chi connectivity index (χ0n) is 17.3. The fourth-order valence-corrected chi connectivity index (χ4v) is 4.04. The maximum atomic E-state index is 12.5. The highest BCUT2D eigenvalue weighted by Gasteiger charge is 2.13. The molecule has 8 nitrogen and oxygen atoms in total. The molecule has 4 rings (SSSR count). The van der Waals surface area contributed by atoms with E-state index in [1.165, 1.54) is 28.0 Å². The van der Waals surface area contributed by atoms with E-state index in [4.69, 9.17) is 4.74 Å². The highest BCUT2D eigenvalue weighted by molar-refractivity contribution is 7.16. The summed E-state index contributed by atoms with van der Waals surface area (Å²) in [5, 5.41) is 7.85. The molecule has 0 bridgehead atoms. The van der Waals surface area contributed by atoms with Crippen LogP contribution in [0.4, 0.5) is 5.69 Å². The second-order valence-corrected chi connectivity index (χ2v) is 8.04. The molecule has 2 heterocycles. The van der Waals surface area contributed by atoms with Gasteiger partial charge in [-0.1, -0.05) is 42.5 Å². The highest BCUT2D eigenvalue weighted by atomic mass is 32.1. The fourth-order valence-electron chi connectivity index (χ4n) is 3.02. The van der Waals surface area contributed by atoms with Gasteiger partial charge in [0.15, 0.2) is 0 Å². The third-order valence-corrected chi connectivity index (χ3v) is 5.52. The number of aromatic nitrogens is 3. The highest BCUT2D eigenvalue weighted by Crippen LogP contribution is 2.16. The van der Waals surface area contributed by atoms with Crippen LogP contribution in [0.1, 0.15) is 44.8 Å². The summed E-state index contributed by atoms with van der Waals surface area (Å²) in [4.78, 5) is 42.0. The predicted molar refractivity (Wildman–Crippen MR) is 121 cm³/mol. The third kappa shape index (κ3) is 4.89. The number of carbonyl (C=O) groups excluding carboxylic acids is 2. The van der Waals surface area contributed by atoms with Crippen LogP contribution in [0.25, 0.3) is 4.96 Å². The first kappa shape index (κ1) is 21.4. The fraction of sp³-hybridized carbons (Fsp3) is 0.174. The Morgan fingerprint density at radius 2 is 1.84 bits per heavy atom. The van der Waals surface area contributed by atoms with Crippen LogP contribution in [-0.2, 0) is 17.8 Å². The number of esters is 1. The summed E-state index contributed by atoms with van der Waals surface area (Å²) in [5.41, 5.74) is 1.29. The topological polar surface area (TPSA) is 103 Å². The molecule has 0 unspecified atom stereocenters. The minimum Gasteiger partial charge on any atom is -0.456 e. The molecule has 1 N–H and O–H groups in total. The summed E-state index contributed by atoms with van der Waals surface area (Å²) in [6, 6.07) is 16.6. The van der Waals surface area contributed by atoms with E-state index in [9.17, 15) is 14.4 Å². The monoisotopic (exact) mass is 448 g/mol. The first-order chi connectivity index (χ1) is 15.5. The van der Waals surface area contributed by atoms with Crippen LogP contribution in [0.5, 0.6) is 0 Å². The first-order valence-corrected chi connectivity index (χ1v) is 10.9. The summed E-state index contributed by atoms with van der Waals surface area (Å²) in [6.07, 6.45) is 1.69. The van der Waals surface area contributed by atoms with Gasteiger partial charge in [-0.2, -0.15) is 9.61 Å². The van der Waals surface area contributed by atoms with Gasteiger partial charge in [-0.15, -0.1) is 0 Å². The van der Waals surface area contributed by atoms with E-state index in [1.54, 1.807) is 42.5 Å². The second-order valence-electron chi connectivity index (χ2n) is 7.00. The van der Waals surface area contributed by atoms with Crippen molar-refractivity contribution in [2.75, 3.05) is 5.32 Å². The number of nitrogens with zero attached hydrogens (tertiary/aromatic N) is 3. The van der Waals surface area contributed by atoms with Crippen LogP contribution in [-0.4, -0.2) is 26.5 Å². The molecule has 0 saturated heterocycles. The molecule has 0 atom stereocenters. The number of rotatable bonds is 7. The van der Waals surface area contributed by atoms with Crippen molar-refractivity contribution >= 4 is 33.9 Å². The Labute approximate surface area is 187 Å². The molecule has 0 fully saturated rings. The molecule has 32 heavy (non-hydrogen) atoms. The number of amides is 1. The van der Waals surface area contributed by atoms with E-state index < -0.39 is 5.97 Å². The zero-order chi connectivity index (χ0) is 22.5. The maximum absolute atomic E-state index is 12.5. The third-order valence-electron chi connectivity index (χ3n) is 4.55. The molecule has 0 aliphatic carbocycles. The smallest absolute Gasteiger partial charge is 0.338 e. The van der Waals surface area contributed by atoms with Gasteiger partial charge in [0.05, 0.1) is 11.3 Å². The number of ether oxygens (including phenoxy) is 1. The molecule has 162 valence electrons. The SMILES string of the molecule is CCCc1nn2c(=O)cc(COC(=O)c3cccc(NC(=O)c4ccccc4)c3)nc2s1. The minimum atomic E-state index is -0.584. The van der Waals surface area contributed by atoms with E-state index in [0.29, 0.717) is 21.9 Å². The van der Waals surface area contributed by atoms with Crippen molar-refractivity contribution in [1.82, 2.24) is 14.6 Å². The van der Waals surface area contributed by atoms with Gasteiger partial charge in [-0.3, -0.25) is 9.59 Å². The van der Waals surface area contributed by atoms with Gasteiger partial charge in [0.1, 0.15) is 11.6 Å². The summed E-state index contributed by atoms with van der Waals surface area (Å²) in [5.74, 6) is -0.861. The number of anilines is 1. The van der Waals surface area contributed by atoms with Crippen molar-refractivity contribution in [3.8, 4) is 0 Å². The summed E-state index contributed by atoms with van der Waals surface area (Å²) >= 11 is 1.35. The summed E-state index contributed by atoms with van der Waals surface area (Å²) in [7, 11) is 0. The number of hydrogen-bond acceptors (Lipinski definition) is 7. The molecule has 2 aromatic heterocycles. The Balaban J connectivity index is 1.43. The van der Waals surface area contributed by atoms with Crippen LogP contribution < -0.4 is 10.9 Å². The quantitative estimate of drug-likeness (QED) is 0.433. The van der Waals surface area contributed by atoms with Gasteiger partial charge >= 0.3 is 5.97 Å². The van der Waals surface area contributed by atoms with Gasteiger partial charge in [0.2, 0.25) is 4.96 Å². The second kappa shape index (κ2) is 9.52. The van der Waals surface area contributed by atoms with Crippen LogP contribution in [0.15, 0.2) is 65.5 Å². The Hall–Kier alpha value is -3.85. The standard InChI is InChI=1S/C23H20N4O4S/c1-2-7-19-26-27-20(28)13-18(25-23(27)32-19)14-31-22(30)16-10-6-11-17(12-16)24-21(29)15-8-4-3-5-9-15/h3-6,8-13H,2,7,14H2,1H3,(H,24,29). The Morgan fingerprint density at radius 3 is 2.62 bits per heavy atom. The Bertz CT molecular complexity index is 1330. The zero-order valence-corrected chi connectivity index (χ0v) is 18.1.